The summed E-state index contributed by atoms with van der Waals surface area (Å²) in [6, 6.07) is 63.1. The average Bonchev–Trinajstić information content (AvgIpc) is 3.93. The fraction of sp³-hybridized carbons (Fsp3) is 0. The minimum absolute atomic E-state index is 0.527. The molecule has 0 saturated carbocycles. The SMILES string of the molecule is c1ccc(-n2c3ccccc3c3cc(-c4ccc5c(c4)c4ccccc4n5-c4cnc5c(n4)oc4ccc6c7ccc8ccccc8c7ccc6c45)ccc32)cc1. The minimum Gasteiger partial charge on any atom is -0.436 e. The molecule has 0 atom stereocenters. The van der Waals surface area contributed by atoms with Crippen LogP contribution in [0.3, 0.4) is 0 Å². The van der Waals surface area contributed by atoms with Gasteiger partial charge in [0.25, 0.3) is 0 Å². The minimum atomic E-state index is 0.527. The monoisotopic (exact) mass is 726 g/mol. The van der Waals surface area contributed by atoms with Gasteiger partial charge in [-0.2, -0.15) is 4.98 Å². The first-order chi connectivity index (χ1) is 28.3. The van der Waals surface area contributed by atoms with Crippen molar-refractivity contribution in [2.75, 3.05) is 0 Å². The summed E-state index contributed by atoms with van der Waals surface area (Å²) in [4.78, 5) is 10.3. The standard InChI is InChI=1S/C52H30N4O/c1-2-11-34(12-3-1)55-44-16-8-6-14-39(44)42-28-32(19-25-46(42)55)33-20-26-47-43(29-33)40-15-7-9-17-45(40)56(47)49-30-53-51-50-41-23-22-36-35-13-5-4-10-31(35)18-21-37(36)38(41)24-27-48(50)57-52(51)54-49/h1-30H. The highest BCUT2D eigenvalue weighted by molar-refractivity contribution is 6.25. The predicted molar refractivity (Wildman–Crippen MR) is 236 cm³/mol. The van der Waals surface area contributed by atoms with Crippen molar-refractivity contribution in [1.29, 1.82) is 0 Å². The van der Waals surface area contributed by atoms with Gasteiger partial charge in [0, 0.05) is 27.2 Å². The second-order valence-electron chi connectivity index (χ2n) is 15.0. The van der Waals surface area contributed by atoms with Gasteiger partial charge in [0.2, 0.25) is 5.71 Å². The van der Waals surface area contributed by atoms with E-state index in [-0.39, 0.29) is 0 Å². The van der Waals surface area contributed by atoms with Gasteiger partial charge < -0.3 is 8.98 Å². The quantitative estimate of drug-likeness (QED) is 0.170. The lowest BCUT2D eigenvalue weighted by molar-refractivity contribution is 0.652. The highest BCUT2D eigenvalue weighted by Gasteiger charge is 2.20. The Hall–Kier alpha value is -7.76. The number of hydrogen-bond acceptors (Lipinski definition) is 3. The van der Waals surface area contributed by atoms with Crippen LogP contribution in [-0.2, 0) is 0 Å². The largest absolute Gasteiger partial charge is 0.436 e. The second-order valence-corrected chi connectivity index (χ2v) is 15.0. The van der Waals surface area contributed by atoms with Gasteiger partial charge in [-0.3, -0.25) is 4.57 Å². The highest BCUT2D eigenvalue weighted by Crippen LogP contribution is 2.41. The molecule has 13 rings (SSSR count). The Labute approximate surface area is 325 Å². The zero-order chi connectivity index (χ0) is 37.2. The van der Waals surface area contributed by atoms with E-state index in [1.54, 1.807) is 0 Å². The molecule has 4 heterocycles. The second kappa shape index (κ2) is 11.4. The fourth-order valence-electron chi connectivity index (χ4n) is 9.44. The van der Waals surface area contributed by atoms with Gasteiger partial charge >= 0.3 is 0 Å². The first-order valence-electron chi connectivity index (χ1n) is 19.3. The molecule has 0 fully saturated rings. The molecule has 264 valence electrons. The topological polar surface area (TPSA) is 48.8 Å². The highest BCUT2D eigenvalue weighted by atomic mass is 16.3. The molecule has 0 bridgehead atoms. The maximum atomic E-state index is 6.49. The summed E-state index contributed by atoms with van der Waals surface area (Å²) in [5.74, 6) is 0.719. The summed E-state index contributed by atoms with van der Waals surface area (Å²) >= 11 is 0. The van der Waals surface area contributed by atoms with E-state index < -0.39 is 0 Å². The Morgan fingerprint density at radius 1 is 0.404 bits per heavy atom. The molecule has 0 amide bonds. The number of rotatable bonds is 3. The van der Waals surface area contributed by atoms with Crippen LogP contribution < -0.4 is 0 Å². The summed E-state index contributed by atoms with van der Waals surface area (Å²) in [7, 11) is 0. The van der Waals surface area contributed by atoms with Gasteiger partial charge in [-0.1, -0.05) is 121 Å². The molecule has 5 nitrogen and oxygen atoms in total. The molecule has 0 saturated heterocycles. The molecule has 0 aliphatic heterocycles. The fourth-order valence-corrected chi connectivity index (χ4v) is 9.44. The van der Waals surface area contributed by atoms with Crippen molar-refractivity contribution in [3.8, 4) is 22.6 Å². The molecule has 0 unspecified atom stereocenters. The molecule has 13 aromatic rings. The molecule has 0 N–H and O–H groups in total. The lowest BCUT2D eigenvalue weighted by atomic mass is 9.96. The van der Waals surface area contributed by atoms with Crippen molar-refractivity contribution in [3.05, 3.63) is 182 Å². The van der Waals surface area contributed by atoms with Crippen molar-refractivity contribution < 1.29 is 4.42 Å². The molecule has 9 aromatic carbocycles. The van der Waals surface area contributed by atoms with Crippen LogP contribution in [0.25, 0.3) is 121 Å². The third-order valence-corrected chi connectivity index (χ3v) is 12.0. The van der Waals surface area contributed by atoms with Gasteiger partial charge in [-0.15, -0.1) is 0 Å². The van der Waals surface area contributed by atoms with Crippen LogP contribution in [0.5, 0.6) is 0 Å². The van der Waals surface area contributed by atoms with Crippen molar-refractivity contribution in [3.63, 3.8) is 0 Å². The lowest BCUT2D eigenvalue weighted by Crippen LogP contribution is -1.98. The molecule has 0 aliphatic rings. The van der Waals surface area contributed by atoms with Crippen LogP contribution in [0.1, 0.15) is 0 Å². The molecule has 0 spiro atoms. The maximum Gasteiger partial charge on any atom is 0.248 e. The summed E-state index contributed by atoms with van der Waals surface area (Å²) < 4.78 is 11.1. The summed E-state index contributed by atoms with van der Waals surface area (Å²) in [5.41, 5.74) is 10.1. The normalized spacial score (nSPS) is 12.2. The van der Waals surface area contributed by atoms with Gasteiger partial charge in [-0.25, -0.2) is 4.98 Å². The molecule has 5 heteroatoms. The van der Waals surface area contributed by atoms with Gasteiger partial charge in [0.1, 0.15) is 11.1 Å². The zero-order valence-corrected chi connectivity index (χ0v) is 30.5. The Balaban J connectivity index is 0.966. The number of hydrogen-bond donors (Lipinski definition) is 0. The van der Waals surface area contributed by atoms with E-state index in [1.807, 2.05) is 6.20 Å². The van der Waals surface area contributed by atoms with Crippen LogP contribution >= 0.6 is 0 Å². The van der Waals surface area contributed by atoms with E-state index in [2.05, 4.69) is 185 Å². The first kappa shape index (κ1) is 30.6. The van der Waals surface area contributed by atoms with Crippen molar-refractivity contribution in [2.45, 2.75) is 0 Å². The summed E-state index contributed by atoms with van der Waals surface area (Å²) in [5, 5.41) is 13.0. The van der Waals surface area contributed by atoms with Crippen LogP contribution in [0.2, 0.25) is 0 Å². The Kier molecular flexibility index (Phi) is 6.10. The average molecular weight is 727 g/mol. The summed E-state index contributed by atoms with van der Waals surface area (Å²) in [6.45, 7) is 0. The Morgan fingerprint density at radius 2 is 0.965 bits per heavy atom. The van der Waals surface area contributed by atoms with Crippen molar-refractivity contribution >= 4 is 98.1 Å². The number of fused-ring (bicyclic) bond motifs is 15. The number of furan rings is 1. The van der Waals surface area contributed by atoms with E-state index in [0.717, 1.165) is 60.7 Å². The number of nitrogens with zero attached hydrogens (tertiary/aromatic N) is 4. The van der Waals surface area contributed by atoms with Crippen LogP contribution in [-0.4, -0.2) is 19.1 Å². The van der Waals surface area contributed by atoms with Crippen molar-refractivity contribution in [2.24, 2.45) is 0 Å². The smallest absolute Gasteiger partial charge is 0.248 e. The van der Waals surface area contributed by atoms with Gasteiger partial charge in [0.15, 0.2) is 5.82 Å². The van der Waals surface area contributed by atoms with Gasteiger partial charge in [0.05, 0.1) is 33.6 Å². The number of benzene rings is 9. The van der Waals surface area contributed by atoms with E-state index >= 15 is 0 Å². The van der Waals surface area contributed by atoms with E-state index in [1.165, 1.54) is 54.3 Å². The first-order valence-corrected chi connectivity index (χ1v) is 19.3. The van der Waals surface area contributed by atoms with Gasteiger partial charge in [-0.05, 0) is 98.0 Å². The third-order valence-electron chi connectivity index (χ3n) is 12.0. The zero-order valence-electron chi connectivity index (χ0n) is 30.5. The Morgan fingerprint density at radius 3 is 1.74 bits per heavy atom. The van der Waals surface area contributed by atoms with Crippen LogP contribution in [0.4, 0.5) is 0 Å². The number of para-hydroxylation sites is 3. The molecule has 57 heavy (non-hydrogen) atoms. The molecular formula is C52H30N4O. The lowest BCUT2D eigenvalue weighted by Gasteiger charge is -2.09. The molecular weight excluding hydrogens is 697 g/mol. The maximum absolute atomic E-state index is 6.49. The Bertz CT molecular complexity index is 3810. The summed E-state index contributed by atoms with van der Waals surface area (Å²) in [6.07, 6.45) is 1.89. The molecule has 4 aromatic heterocycles. The van der Waals surface area contributed by atoms with E-state index in [4.69, 9.17) is 14.4 Å². The predicted octanol–water partition coefficient (Wildman–Crippen LogP) is 13.7. The third kappa shape index (κ3) is 4.28. The number of aromatic nitrogens is 4. The van der Waals surface area contributed by atoms with Crippen LogP contribution in [0, 0.1) is 0 Å². The van der Waals surface area contributed by atoms with Crippen molar-refractivity contribution in [1.82, 2.24) is 19.1 Å². The van der Waals surface area contributed by atoms with E-state index in [0.29, 0.717) is 5.71 Å². The molecule has 0 aliphatic carbocycles. The molecule has 0 radical (unpaired) electrons. The van der Waals surface area contributed by atoms with E-state index in [9.17, 15) is 0 Å². The van der Waals surface area contributed by atoms with Crippen LogP contribution in [0.15, 0.2) is 187 Å².